The molecule has 0 spiro atoms. The van der Waals surface area contributed by atoms with E-state index in [-0.39, 0.29) is 5.13 Å². The maximum atomic E-state index is 12.4. The van der Waals surface area contributed by atoms with Gasteiger partial charge in [-0.2, -0.15) is 13.2 Å². The Morgan fingerprint density at radius 2 is 2.28 bits per heavy atom. The van der Waals surface area contributed by atoms with Crippen molar-refractivity contribution >= 4 is 34.0 Å². The number of hydrogen-bond acceptors (Lipinski definition) is 4. The zero-order chi connectivity index (χ0) is 13.3. The van der Waals surface area contributed by atoms with Crippen LogP contribution < -0.4 is 5.32 Å². The van der Waals surface area contributed by atoms with Crippen LogP contribution in [0.4, 0.5) is 18.3 Å². The van der Waals surface area contributed by atoms with Gasteiger partial charge in [0.2, 0.25) is 0 Å². The number of thiazole rings is 1. The van der Waals surface area contributed by atoms with Gasteiger partial charge in [0.15, 0.2) is 10.8 Å². The van der Waals surface area contributed by atoms with Gasteiger partial charge in [-0.25, -0.2) is 4.98 Å². The van der Waals surface area contributed by atoms with E-state index in [1.165, 1.54) is 0 Å². The molecule has 0 radical (unpaired) electrons. The molecule has 9 heteroatoms. The maximum Gasteiger partial charge on any atom is 0.435 e. The minimum absolute atomic E-state index is 0.173. The van der Waals surface area contributed by atoms with Crippen LogP contribution in [0.5, 0.6) is 0 Å². The summed E-state index contributed by atoms with van der Waals surface area (Å²) >= 11 is 6.00. The highest BCUT2D eigenvalue weighted by atomic mass is 35.5. The lowest BCUT2D eigenvalue weighted by Crippen LogP contribution is -2.26. The molecule has 0 aliphatic carbocycles. The standard InChI is InChI=1S/C9H8ClF3N2O2S/c10-6-5(9(11,12)13)14-8(18-6)15-7(16)4-2-1-3-17-4/h4H,1-3H2,(H,14,15,16)/t4-/m1/s1. The van der Waals surface area contributed by atoms with E-state index in [1.807, 2.05) is 0 Å². The fourth-order valence-electron chi connectivity index (χ4n) is 1.50. The van der Waals surface area contributed by atoms with Crippen LogP contribution in [0.15, 0.2) is 0 Å². The van der Waals surface area contributed by atoms with E-state index in [9.17, 15) is 18.0 Å². The van der Waals surface area contributed by atoms with Gasteiger partial charge in [0.1, 0.15) is 10.4 Å². The molecule has 1 atom stereocenters. The summed E-state index contributed by atoms with van der Waals surface area (Å²) in [5.41, 5.74) is -1.18. The van der Waals surface area contributed by atoms with Crippen molar-refractivity contribution in [2.45, 2.75) is 25.1 Å². The molecule has 2 rings (SSSR count). The molecular weight excluding hydrogens is 293 g/mol. The Hall–Kier alpha value is -0.860. The topological polar surface area (TPSA) is 51.2 Å². The van der Waals surface area contributed by atoms with Crippen LogP contribution in [0.2, 0.25) is 4.34 Å². The molecule has 1 fully saturated rings. The van der Waals surface area contributed by atoms with Gasteiger partial charge in [-0.3, -0.25) is 10.1 Å². The fraction of sp³-hybridized carbons (Fsp3) is 0.556. The van der Waals surface area contributed by atoms with Crippen molar-refractivity contribution in [3.05, 3.63) is 10.0 Å². The van der Waals surface area contributed by atoms with Gasteiger partial charge in [0, 0.05) is 6.61 Å². The number of amides is 1. The van der Waals surface area contributed by atoms with Gasteiger partial charge in [-0.15, -0.1) is 0 Å². The quantitative estimate of drug-likeness (QED) is 0.913. The molecular formula is C9H8ClF3N2O2S. The van der Waals surface area contributed by atoms with E-state index in [2.05, 4.69) is 10.3 Å². The molecule has 1 aliphatic heterocycles. The number of nitrogens with one attached hydrogen (secondary N) is 1. The number of aromatic nitrogens is 1. The number of ether oxygens (including phenoxy) is 1. The molecule has 0 saturated carbocycles. The van der Waals surface area contributed by atoms with Crippen molar-refractivity contribution in [3.63, 3.8) is 0 Å². The first-order valence-electron chi connectivity index (χ1n) is 5.04. The summed E-state index contributed by atoms with van der Waals surface area (Å²) < 4.78 is 41.9. The molecule has 1 saturated heterocycles. The van der Waals surface area contributed by atoms with E-state index in [0.717, 1.165) is 6.42 Å². The SMILES string of the molecule is O=C(Nc1nc(C(F)(F)F)c(Cl)s1)[C@H]1CCCO1. The monoisotopic (exact) mass is 300 g/mol. The summed E-state index contributed by atoms with van der Waals surface area (Å²) in [5.74, 6) is -0.494. The van der Waals surface area contributed by atoms with E-state index < -0.39 is 28.2 Å². The molecule has 0 unspecified atom stereocenters. The molecule has 100 valence electrons. The fourth-order valence-corrected chi connectivity index (χ4v) is 2.59. The average Bonchev–Trinajstić information content (AvgIpc) is 2.85. The van der Waals surface area contributed by atoms with Crippen molar-refractivity contribution in [1.82, 2.24) is 4.98 Å². The molecule has 1 aliphatic rings. The molecule has 1 N–H and O–H groups in total. The van der Waals surface area contributed by atoms with Gasteiger partial charge in [-0.1, -0.05) is 22.9 Å². The van der Waals surface area contributed by atoms with Crippen LogP contribution in [0.25, 0.3) is 0 Å². The lowest BCUT2D eigenvalue weighted by Gasteiger charge is -2.07. The number of rotatable bonds is 2. The van der Waals surface area contributed by atoms with Crippen molar-refractivity contribution in [2.24, 2.45) is 0 Å². The average molecular weight is 301 g/mol. The third kappa shape index (κ3) is 2.93. The van der Waals surface area contributed by atoms with Crippen molar-refractivity contribution in [1.29, 1.82) is 0 Å². The van der Waals surface area contributed by atoms with Crippen LogP contribution >= 0.6 is 22.9 Å². The lowest BCUT2D eigenvalue weighted by molar-refractivity contribution is -0.140. The second kappa shape index (κ2) is 5.02. The van der Waals surface area contributed by atoms with Gasteiger partial charge < -0.3 is 4.74 Å². The number of hydrogen-bond donors (Lipinski definition) is 1. The Balaban J connectivity index is 2.08. The Bertz CT molecular complexity index is 457. The first kappa shape index (κ1) is 13.6. The Morgan fingerprint density at radius 1 is 1.56 bits per heavy atom. The summed E-state index contributed by atoms with van der Waals surface area (Å²) in [6.45, 7) is 0.477. The zero-order valence-corrected chi connectivity index (χ0v) is 10.5. The van der Waals surface area contributed by atoms with Crippen LogP contribution in [-0.2, 0) is 15.7 Å². The van der Waals surface area contributed by atoms with Crippen molar-refractivity contribution in [3.8, 4) is 0 Å². The Kier molecular flexibility index (Phi) is 3.79. The van der Waals surface area contributed by atoms with Crippen LogP contribution in [-0.4, -0.2) is 23.6 Å². The third-order valence-electron chi connectivity index (χ3n) is 2.31. The number of alkyl halides is 3. The lowest BCUT2D eigenvalue weighted by atomic mass is 10.2. The Morgan fingerprint density at radius 3 is 2.78 bits per heavy atom. The second-order valence-electron chi connectivity index (χ2n) is 3.63. The molecule has 18 heavy (non-hydrogen) atoms. The summed E-state index contributed by atoms with van der Waals surface area (Å²) in [5, 5.41) is 2.10. The molecule has 0 aromatic carbocycles. The summed E-state index contributed by atoms with van der Waals surface area (Å²) in [6.07, 6.45) is -3.94. The van der Waals surface area contributed by atoms with Gasteiger partial charge in [0.25, 0.3) is 5.91 Å². The third-order valence-corrected chi connectivity index (χ3v) is 3.48. The Labute approximate surface area is 109 Å². The van der Waals surface area contributed by atoms with Gasteiger partial charge in [0.05, 0.1) is 0 Å². The molecule has 2 heterocycles. The summed E-state index contributed by atoms with van der Waals surface area (Å²) in [7, 11) is 0. The molecule has 1 aromatic heterocycles. The number of anilines is 1. The zero-order valence-electron chi connectivity index (χ0n) is 8.88. The first-order valence-corrected chi connectivity index (χ1v) is 6.23. The van der Waals surface area contributed by atoms with E-state index >= 15 is 0 Å². The van der Waals surface area contributed by atoms with Gasteiger partial charge >= 0.3 is 6.18 Å². The van der Waals surface area contributed by atoms with Crippen molar-refractivity contribution in [2.75, 3.05) is 11.9 Å². The number of nitrogens with zero attached hydrogens (tertiary/aromatic N) is 1. The minimum Gasteiger partial charge on any atom is -0.368 e. The van der Waals surface area contributed by atoms with E-state index in [4.69, 9.17) is 16.3 Å². The number of halogens is 4. The highest BCUT2D eigenvalue weighted by molar-refractivity contribution is 7.19. The van der Waals surface area contributed by atoms with Gasteiger partial charge in [-0.05, 0) is 12.8 Å². The molecule has 4 nitrogen and oxygen atoms in total. The van der Waals surface area contributed by atoms with Crippen LogP contribution in [0.1, 0.15) is 18.5 Å². The number of carbonyl (C=O) groups is 1. The minimum atomic E-state index is -4.62. The largest absolute Gasteiger partial charge is 0.435 e. The molecule has 1 aromatic rings. The predicted molar refractivity (Wildman–Crippen MR) is 59.7 cm³/mol. The predicted octanol–water partition coefficient (Wildman–Crippen LogP) is 2.93. The molecule has 1 amide bonds. The summed E-state index contributed by atoms with van der Waals surface area (Å²) in [4.78, 5) is 14.9. The van der Waals surface area contributed by atoms with E-state index in [1.54, 1.807) is 0 Å². The van der Waals surface area contributed by atoms with E-state index in [0.29, 0.717) is 24.4 Å². The molecule has 0 bridgehead atoms. The number of carbonyl (C=O) groups excluding carboxylic acids is 1. The smallest absolute Gasteiger partial charge is 0.368 e. The highest BCUT2D eigenvalue weighted by Crippen LogP contribution is 2.39. The highest BCUT2D eigenvalue weighted by Gasteiger charge is 2.37. The van der Waals surface area contributed by atoms with Crippen LogP contribution in [0.3, 0.4) is 0 Å². The normalized spacial score (nSPS) is 20.1. The maximum absolute atomic E-state index is 12.4. The first-order chi connectivity index (χ1) is 8.38. The summed E-state index contributed by atoms with van der Waals surface area (Å²) in [6, 6.07) is 0. The second-order valence-corrected chi connectivity index (χ2v) is 5.23. The van der Waals surface area contributed by atoms with Crippen molar-refractivity contribution < 1.29 is 22.7 Å². The van der Waals surface area contributed by atoms with Crippen LogP contribution in [0, 0.1) is 0 Å².